The summed E-state index contributed by atoms with van der Waals surface area (Å²) in [6.07, 6.45) is 0.944. The number of hydrogen-bond donors (Lipinski definition) is 1. The minimum atomic E-state index is 0.0412. The second-order valence-electron chi connectivity index (χ2n) is 7.76. The van der Waals surface area contributed by atoms with Gasteiger partial charge in [-0.15, -0.1) is 6.58 Å². The van der Waals surface area contributed by atoms with E-state index in [1.165, 1.54) is 5.57 Å². The number of pyridine rings is 1. The number of ether oxygens (including phenoxy) is 1. The van der Waals surface area contributed by atoms with E-state index >= 15 is 0 Å². The van der Waals surface area contributed by atoms with Crippen LogP contribution in [-0.2, 0) is 17.9 Å². The first-order chi connectivity index (χ1) is 12.3. The molecule has 3 rings (SSSR count). The maximum absolute atomic E-state index is 6.24. The molecule has 0 unspecified atom stereocenters. The van der Waals surface area contributed by atoms with Crippen molar-refractivity contribution in [2.45, 2.75) is 47.3 Å². The average molecular weight is 352 g/mol. The van der Waals surface area contributed by atoms with Crippen LogP contribution in [0.4, 0.5) is 5.82 Å². The van der Waals surface area contributed by atoms with Crippen molar-refractivity contribution in [3.8, 4) is 0 Å². The fraction of sp³-hybridized carbons (Fsp3) is 0.429. The number of nitrogens with zero attached hydrogens (tertiary/aromatic N) is 3. The Labute approximate surface area is 154 Å². The fourth-order valence-electron chi connectivity index (χ4n) is 3.68. The lowest BCUT2D eigenvalue weighted by molar-refractivity contribution is 0.124. The van der Waals surface area contributed by atoms with Crippen LogP contribution < -0.4 is 5.73 Å². The Kier molecular flexibility index (Phi) is 5.01. The molecule has 0 aliphatic heterocycles. The largest absolute Gasteiger partial charge is 0.382 e. The molecule has 26 heavy (non-hydrogen) atoms. The Balaban J connectivity index is 2.24. The first-order valence-electron chi connectivity index (χ1n) is 9.08. The summed E-state index contributed by atoms with van der Waals surface area (Å²) in [6, 6.07) is 8.08. The molecular weight excluding hydrogens is 324 g/mol. The van der Waals surface area contributed by atoms with Gasteiger partial charge in [0.2, 0.25) is 0 Å². The van der Waals surface area contributed by atoms with Gasteiger partial charge in [0.05, 0.1) is 11.0 Å². The van der Waals surface area contributed by atoms with E-state index in [4.69, 9.17) is 15.5 Å². The zero-order chi connectivity index (χ0) is 18.9. The molecule has 0 saturated heterocycles. The normalized spacial score (nSPS) is 12.2. The second kappa shape index (κ2) is 7.08. The monoisotopic (exact) mass is 352 g/mol. The molecule has 0 saturated carbocycles. The first kappa shape index (κ1) is 18.4. The highest BCUT2D eigenvalue weighted by atomic mass is 16.5. The Morgan fingerprint density at radius 3 is 2.69 bits per heavy atom. The molecule has 0 fully saturated rings. The molecule has 1 aromatic carbocycles. The topological polar surface area (TPSA) is 66.0 Å². The summed E-state index contributed by atoms with van der Waals surface area (Å²) in [5.74, 6) is 1.36. The number of anilines is 1. The van der Waals surface area contributed by atoms with Crippen LogP contribution in [0.3, 0.4) is 0 Å². The number of nitrogen functional groups attached to an aromatic ring is 1. The summed E-state index contributed by atoms with van der Waals surface area (Å²) in [5.41, 5.74) is 10.1. The molecule has 2 N–H and O–H groups in total. The standard InChI is InChI=1S/C21H28N4O/c1-6-26-12-17-24-18-19(25(17)13-21(4,5)11-14(2)3)15-9-7-8-10-16(15)23-20(18)22/h7-10H,2,6,11-13H2,1,3-5H3,(H2,22,23). The minimum Gasteiger partial charge on any atom is -0.382 e. The summed E-state index contributed by atoms with van der Waals surface area (Å²) in [6.45, 7) is 14.6. The molecule has 0 aliphatic rings. The van der Waals surface area contributed by atoms with Crippen LogP contribution >= 0.6 is 0 Å². The van der Waals surface area contributed by atoms with Crippen LogP contribution in [0.15, 0.2) is 36.4 Å². The number of nitrogens with two attached hydrogens (primary N) is 1. The number of fused-ring (bicyclic) bond motifs is 3. The maximum atomic E-state index is 6.24. The van der Waals surface area contributed by atoms with Crippen molar-refractivity contribution in [3.05, 3.63) is 42.2 Å². The van der Waals surface area contributed by atoms with E-state index in [1.54, 1.807) is 0 Å². The third-order valence-corrected chi connectivity index (χ3v) is 4.49. The van der Waals surface area contributed by atoms with Gasteiger partial charge in [-0.05, 0) is 31.7 Å². The van der Waals surface area contributed by atoms with Crippen LogP contribution in [0.5, 0.6) is 0 Å². The highest BCUT2D eigenvalue weighted by Gasteiger charge is 2.24. The molecule has 0 spiro atoms. The van der Waals surface area contributed by atoms with E-state index in [2.05, 4.69) is 43.0 Å². The SMILES string of the molecule is C=C(C)CC(C)(C)Cn1c(COCC)nc2c(N)nc3ccccc3c21. The number of allylic oxidation sites excluding steroid dienone is 1. The van der Waals surface area contributed by atoms with Gasteiger partial charge in [0.1, 0.15) is 17.9 Å². The van der Waals surface area contributed by atoms with E-state index in [1.807, 2.05) is 25.1 Å². The predicted molar refractivity (Wildman–Crippen MR) is 108 cm³/mol. The van der Waals surface area contributed by atoms with E-state index in [0.717, 1.165) is 40.7 Å². The minimum absolute atomic E-state index is 0.0412. The molecule has 0 radical (unpaired) electrons. The van der Waals surface area contributed by atoms with Gasteiger partial charge in [-0.2, -0.15) is 0 Å². The Hall–Kier alpha value is -2.40. The second-order valence-corrected chi connectivity index (χ2v) is 7.76. The molecular formula is C21H28N4O. The molecule has 5 nitrogen and oxygen atoms in total. The molecule has 2 aromatic heterocycles. The van der Waals surface area contributed by atoms with Crippen LogP contribution in [0.1, 0.15) is 39.9 Å². The van der Waals surface area contributed by atoms with E-state index < -0.39 is 0 Å². The highest BCUT2D eigenvalue weighted by molar-refractivity contribution is 6.06. The maximum Gasteiger partial charge on any atom is 0.152 e. The summed E-state index contributed by atoms with van der Waals surface area (Å²) in [4.78, 5) is 9.32. The van der Waals surface area contributed by atoms with E-state index in [0.29, 0.717) is 19.0 Å². The van der Waals surface area contributed by atoms with Crippen LogP contribution in [0.2, 0.25) is 0 Å². The van der Waals surface area contributed by atoms with Crippen molar-refractivity contribution in [1.29, 1.82) is 0 Å². The third kappa shape index (κ3) is 3.58. The first-order valence-corrected chi connectivity index (χ1v) is 9.08. The van der Waals surface area contributed by atoms with Crippen molar-refractivity contribution in [3.63, 3.8) is 0 Å². The number of hydrogen-bond acceptors (Lipinski definition) is 4. The smallest absolute Gasteiger partial charge is 0.152 e. The number of benzene rings is 1. The van der Waals surface area contributed by atoms with Crippen LogP contribution in [0, 0.1) is 5.41 Å². The molecule has 0 amide bonds. The van der Waals surface area contributed by atoms with Gasteiger partial charge < -0.3 is 15.0 Å². The van der Waals surface area contributed by atoms with Gasteiger partial charge in [0, 0.05) is 18.5 Å². The number of rotatable bonds is 7. The van der Waals surface area contributed by atoms with Crippen LogP contribution in [-0.4, -0.2) is 21.1 Å². The Morgan fingerprint density at radius 2 is 2.00 bits per heavy atom. The molecule has 3 aromatic rings. The fourth-order valence-corrected chi connectivity index (χ4v) is 3.68. The van der Waals surface area contributed by atoms with Gasteiger partial charge in [-0.3, -0.25) is 0 Å². The van der Waals surface area contributed by atoms with Gasteiger partial charge in [0.15, 0.2) is 5.82 Å². The lowest BCUT2D eigenvalue weighted by Gasteiger charge is -2.27. The lowest BCUT2D eigenvalue weighted by atomic mass is 9.86. The Bertz CT molecular complexity index is 955. The molecule has 0 atom stereocenters. The highest BCUT2D eigenvalue weighted by Crippen LogP contribution is 2.33. The summed E-state index contributed by atoms with van der Waals surface area (Å²) >= 11 is 0. The molecule has 138 valence electrons. The van der Waals surface area contributed by atoms with Gasteiger partial charge in [-0.1, -0.05) is 37.6 Å². The third-order valence-electron chi connectivity index (χ3n) is 4.49. The number of para-hydroxylation sites is 1. The average Bonchev–Trinajstić information content (AvgIpc) is 2.90. The summed E-state index contributed by atoms with van der Waals surface area (Å²) in [5, 5.41) is 1.07. The lowest BCUT2D eigenvalue weighted by Crippen LogP contribution is -2.22. The van der Waals surface area contributed by atoms with Crippen molar-refractivity contribution in [2.75, 3.05) is 12.3 Å². The van der Waals surface area contributed by atoms with Crippen LogP contribution in [0.25, 0.3) is 21.9 Å². The van der Waals surface area contributed by atoms with E-state index in [9.17, 15) is 0 Å². The molecule has 0 aliphatic carbocycles. The summed E-state index contributed by atoms with van der Waals surface area (Å²) < 4.78 is 7.93. The van der Waals surface area contributed by atoms with Gasteiger partial charge in [-0.25, -0.2) is 9.97 Å². The summed E-state index contributed by atoms with van der Waals surface area (Å²) in [7, 11) is 0. The molecule has 0 bridgehead atoms. The molecule has 2 heterocycles. The van der Waals surface area contributed by atoms with Crippen molar-refractivity contribution in [2.24, 2.45) is 5.41 Å². The van der Waals surface area contributed by atoms with E-state index in [-0.39, 0.29) is 5.41 Å². The van der Waals surface area contributed by atoms with Crippen molar-refractivity contribution in [1.82, 2.24) is 14.5 Å². The number of imidazole rings is 1. The zero-order valence-electron chi connectivity index (χ0n) is 16.2. The number of aromatic nitrogens is 3. The predicted octanol–water partition coefficient (Wildman–Crippen LogP) is 4.70. The van der Waals surface area contributed by atoms with Gasteiger partial charge in [0.25, 0.3) is 0 Å². The zero-order valence-corrected chi connectivity index (χ0v) is 16.2. The quantitative estimate of drug-likeness (QED) is 0.626. The van der Waals surface area contributed by atoms with Crippen molar-refractivity contribution < 1.29 is 4.74 Å². The van der Waals surface area contributed by atoms with Gasteiger partial charge >= 0.3 is 0 Å². The van der Waals surface area contributed by atoms with Crippen molar-refractivity contribution >= 4 is 27.8 Å². The molecule has 5 heteroatoms. The Morgan fingerprint density at radius 1 is 1.27 bits per heavy atom.